The molecule has 2 rings (SSSR count). The minimum Gasteiger partial charge on any atom is -0.467 e. The van der Waals surface area contributed by atoms with Gasteiger partial charge in [0.15, 0.2) is 0 Å². The topological polar surface area (TPSA) is 78.9 Å². The lowest BCUT2D eigenvalue weighted by Crippen LogP contribution is -2.01. The van der Waals surface area contributed by atoms with E-state index in [2.05, 4.69) is 19.5 Å². The Bertz CT molecular complexity index is 479. The van der Waals surface area contributed by atoms with Crippen molar-refractivity contribution >= 4 is 0 Å². The van der Waals surface area contributed by atoms with Crippen LogP contribution in [0.1, 0.15) is 12.8 Å². The van der Waals surface area contributed by atoms with Crippen LogP contribution in [-0.4, -0.2) is 33.2 Å². The fraction of sp³-hybridized carbons (Fsp3) is 0.417. The molecular weight excluding hydrogens is 230 g/mol. The number of hydrogen-bond donors (Lipinski definition) is 1. The van der Waals surface area contributed by atoms with Gasteiger partial charge < -0.3 is 15.0 Å². The standard InChI is InChI=1S/C12H17N5O/c1-18-12-14-6-10(7-15-12)11-8-17(9-16-11)5-3-2-4-13/h6-9H,2-5,13H2,1H3. The van der Waals surface area contributed by atoms with Crippen molar-refractivity contribution in [3.05, 3.63) is 24.9 Å². The van der Waals surface area contributed by atoms with Crippen LogP contribution in [0.15, 0.2) is 24.9 Å². The highest BCUT2D eigenvalue weighted by Gasteiger charge is 2.04. The number of aromatic nitrogens is 4. The van der Waals surface area contributed by atoms with E-state index >= 15 is 0 Å². The minimum absolute atomic E-state index is 0.362. The quantitative estimate of drug-likeness (QED) is 0.773. The summed E-state index contributed by atoms with van der Waals surface area (Å²) in [5.41, 5.74) is 7.21. The molecule has 0 atom stereocenters. The van der Waals surface area contributed by atoms with Crippen molar-refractivity contribution in [3.63, 3.8) is 0 Å². The third-order valence-corrected chi connectivity index (χ3v) is 2.61. The first-order chi connectivity index (χ1) is 8.83. The van der Waals surface area contributed by atoms with Gasteiger partial charge in [-0.25, -0.2) is 15.0 Å². The molecule has 2 aromatic heterocycles. The Labute approximate surface area is 106 Å². The summed E-state index contributed by atoms with van der Waals surface area (Å²) in [6.07, 6.45) is 9.30. The monoisotopic (exact) mass is 247 g/mol. The maximum absolute atomic E-state index is 5.46. The molecule has 2 N–H and O–H groups in total. The third-order valence-electron chi connectivity index (χ3n) is 2.61. The molecule has 0 spiro atoms. The van der Waals surface area contributed by atoms with Crippen molar-refractivity contribution in [1.29, 1.82) is 0 Å². The number of methoxy groups -OCH3 is 1. The fourth-order valence-corrected chi connectivity index (χ4v) is 1.62. The zero-order valence-electron chi connectivity index (χ0n) is 10.4. The second-order valence-electron chi connectivity index (χ2n) is 3.95. The van der Waals surface area contributed by atoms with E-state index in [0.29, 0.717) is 6.01 Å². The van der Waals surface area contributed by atoms with Gasteiger partial charge in [-0.1, -0.05) is 0 Å². The maximum atomic E-state index is 5.46. The van der Waals surface area contributed by atoms with Crippen LogP contribution >= 0.6 is 0 Å². The van der Waals surface area contributed by atoms with Gasteiger partial charge in [-0.15, -0.1) is 0 Å². The Kier molecular flexibility index (Phi) is 4.25. The van der Waals surface area contributed by atoms with Crippen molar-refractivity contribution in [2.75, 3.05) is 13.7 Å². The van der Waals surface area contributed by atoms with Crippen molar-refractivity contribution in [2.45, 2.75) is 19.4 Å². The number of hydrogen-bond acceptors (Lipinski definition) is 5. The molecule has 6 nitrogen and oxygen atoms in total. The second kappa shape index (κ2) is 6.11. The average Bonchev–Trinajstić information content (AvgIpc) is 2.88. The molecule has 18 heavy (non-hydrogen) atoms. The number of aryl methyl sites for hydroxylation is 1. The van der Waals surface area contributed by atoms with E-state index in [-0.39, 0.29) is 0 Å². The van der Waals surface area contributed by atoms with Gasteiger partial charge in [0.05, 0.1) is 19.1 Å². The Morgan fingerprint density at radius 1 is 1.22 bits per heavy atom. The molecule has 2 heterocycles. The van der Waals surface area contributed by atoms with Crippen LogP contribution in [0.25, 0.3) is 11.3 Å². The van der Waals surface area contributed by atoms with E-state index in [0.717, 1.165) is 37.2 Å². The van der Waals surface area contributed by atoms with E-state index in [4.69, 9.17) is 10.5 Å². The summed E-state index contributed by atoms with van der Waals surface area (Å²) in [5, 5.41) is 0. The molecule has 0 aliphatic carbocycles. The van der Waals surface area contributed by atoms with Gasteiger partial charge in [0.1, 0.15) is 0 Å². The first kappa shape index (κ1) is 12.5. The van der Waals surface area contributed by atoms with Crippen LogP contribution in [0.3, 0.4) is 0 Å². The molecule has 0 amide bonds. The highest BCUT2D eigenvalue weighted by molar-refractivity contribution is 5.55. The number of nitrogens with two attached hydrogens (primary N) is 1. The predicted molar refractivity (Wildman–Crippen MR) is 68.1 cm³/mol. The van der Waals surface area contributed by atoms with Crippen molar-refractivity contribution in [1.82, 2.24) is 19.5 Å². The largest absolute Gasteiger partial charge is 0.467 e. The normalized spacial score (nSPS) is 10.6. The van der Waals surface area contributed by atoms with E-state index in [9.17, 15) is 0 Å². The summed E-state index contributed by atoms with van der Waals surface area (Å²) < 4.78 is 6.97. The maximum Gasteiger partial charge on any atom is 0.316 e. The van der Waals surface area contributed by atoms with Crippen LogP contribution in [0, 0.1) is 0 Å². The summed E-state index contributed by atoms with van der Waals surface area (Å²) in [6.45, 7) is 1.66. The van der Waals surface area contributed by atoms with Crippen molar-refractivity contribution in [3.8, 4) is 17.3 Å². The zero-order valence-corrected chi connectivity index (χ0v) is 10.4. The molecule has 0 aromatic carbocycles. The van der Waals surface area contributed by atoms with Gasteiger partial charge in [0, 0.05) is 30.7 Å². The Balaban J connectivity index is 2.04. The van der Waals surface area contributed by atoms with Crippen molar-refractivity contribution in [2.24, 2.45) is 5.73 Å². The number of ether oxygens (including phenoxy) is 1. The number of unbranched alkanes of at least 4 members (excludes halogenated alkanes) is 1. The third kappa shape index (κ3) is 3.04. The Morgan fingerprint density at radius 3 is 2.67 bits per heavy atom. The van der Waals surface area contributed by atoms with Crippen molar-refractivity contribution < 1.29 is 4.74 Å². The molecule has 0 bridgehead atoms. The zero-order chi connectivity index (χ0) is 12.8. The first-order valence-electron chi connectivity index (χ1n) is 5.91. The number of nitrogens with zero attached hydrogens (tertiary/aromatic N) is 4. The van der Waals surface area contributed by atoms with E-state index < -0.39 is 0 Å². The van der Waals surface area contributed by atoms with Gasteiger partial charge in [0.25, 0.3) is 0 Å². The predicted octanol–water partition coefficient (Wildman–Crippen LogP) is 1.09. The summed E-state index contributed by atoms with van der Waals surface area (Å²) in [5.74, 6) is 0. The summed E-state index contributed by atoms with van der Waals surface area (Å²) in [4.78, 5) is 12.4. The SMILES string of the molecule is COc1ncc(-c2cn(CCCCN)cn2)cn1. The van der Waals surface area contributed by atoms with E-state index in [1.54, 1.807) is 19.5 Å². The first-order valence-corrected chi connectivity index (χ1v) is 5.91. The smallest absolute Gasteiger partial charge is 0.316 e. The van der Waals surface area contributed by atoms with Gasteiger partial charge in [-0.2, -0.15) is 0 Å². The van der Waals surface area contributed by atoms with Gasteiger partial charge in [-0.3, -0.25) is 0 Å². The lowest BCUT2D eigenvalue weighted by molar-refractivity contribution is 0.380. The molecule has 0 unspecified atom stereocenters. The molecule has 0 aliphatic heterocycles. The average molecular weight is 247 g/mol. The minimum atomic E-state index is 0.362. The molecule has 0 aliphatic rings. The van der Waals surface area contributed by atoms with Crippen LogP contribution in [-0.2, 0) is 6.54 Å². The molecule has 96 valence electrons. The highest BCUT2D eigenvalue weighted by Crippen LogP contribution is 2.16. The van der Waals surface area contributed by atoms with Crippen LogP contribution in [0.2, 0.25) is 0 Å². The van der Waals surface area contributed by atoms with Crippen LogP contribution in [0.5, 0.6) is 6.01 Å². The molecule has 0 radical (unpaired) electrons. The molecule has 0 fully saturated rings. The molecule has 6 heteroatoms. The van der Waals surface area contributed by atoms with E-state index in [1.165, 1.54) is 0 Å². The molecule has 0 saturated heterocycles. The highest BCUT2D eigenvalue weighted by atomic mass is 16.5. The van der Waals surface area contributed by atoms with Crippen LogP contribution < -0.4 is 10.5 Å². The summed E-state index contributed by atoms with van der Waals surface area (Å²) in [6, 6.07) is 0.362. The molecule has 2 aromatic rings. The van der Waals surface area contributed by atoms with Gasteiger partial charge >= 0.3 is 6.01 Å². The van der Waals surface area contributed by atoms with E-state index in [1.807, 2.05) is 12.5 Å². The van der Waals surface area contributed by atoms with Gasteiger partial charge in [0.2, 0.25) is 0 Å². The molecular formula is C12H17N5O. The lowest BCUT2D eigenvalue weighted by atomic mass is 10.2. The molecule has 0 saturated carbocycles. The summed E-state index contributed by atoms with van der Waals surface area (Å²) >= 11 is 0. The van der Waals surface area contributed by atoms with Gasteiger partial charge in [-0.05, 0) is 19.4 Å². The summed E-state index contributed by atoms with van der Waals surface area (Å²) in [7, 11) is 1.54. The Hall–Kier alpha value is -1.95. The number of rotatable bonds is 6. The second-order valence-corrected chi connectivity index (χ2v) is 3.95. The fourth-order valence-electron chi connectivity index (χ4n) is 1.62. The number of imidazole rings is 1. The van der Waals surface area contributed by atoms with Crippen LogP contribution in [0.4, 0.5) is 0 Å². The lowest BCUT2D eigenvalue weighted by Gasteiger charge is -2.00. The Morgan fingerprint density at radius 2 is 2.00 bits per heavy atom.